The van der Waals surface area contributed by atoms with E-state index in [2.05, 4.69) is 0 Å². The van der Waals surface area contributed by atoms with E-state index in [0.717, 1.165) is 12.0 Å². The molecule has 0 N–H and O–H groups in total. The highest BCUT2D eigenvalue weighted by atomic mass is 35.5. The molecule has 2 aromatic rings. The van der Waals surface area contributed by atoms with Gasteiger partial charge in [0.15, 0.2) is 15.6 Å². The van der Waals surface area contributed by atoms with Crippen LogP contribution in [0.2, 0.25) is 15.1 Å². The molecule has 1 amide bonds. The lowest BCUT2D eigenvalue weighted by molar-refractivity contribution is 0.0681. The molecule has 5 nitrogen and oxygen atoms in total. The van der Waals surface area contributed by atoms with Crippen molar-refractivity contribution in [2.24, 2.45) is 0 Å². The van der Waals surface area contributed by atoms with Crippen LogP contribution in [0.4, 0.5) is 0 Å². The molecule has 1 fully saturated rings. The number of carbonyl (C=O) groups is 1. The molecule has 2 aromatic carbocycles. The summed E-state index contributed by atoms with van der Waals surface area (Å²) in [4.78, 5) is 15.0. The van der Waals surface area contributed by atoms with Gasteiger partial charge in [0, 0.05) is 23.2 Å². The van der Waals surface area contributed by atoms with Crippen molar-refractivity contribution in [3.8, 4) is 5.75 Å². The highest BCUT2D eigenvalue weighted by molar-refractivity contribution is 7.91. The third-order valence-corrected chi connectivity index (χ3v) is 7.58. The molecule has 0 bridgehead atoms. The highest BCUT2D eigenvalue weighted by Gasteiger charge is 2.35. The summed E-state index contributed by atoms with van der Waals surface area (Å²) in [6, 6.07) is 9.72. The summed E-state index contributed by atoms with van der Waals surface area (Å²) in [5.74, 6) is -0.0573. The summed E-state index contributed by atoms with van der Waals surface area (Å²) >= 11 is 18.9. The van der Waals surface area contributed by atoms with Gasteiger partial charge in [0.25, 0.3) is 5.91 Å². The molecule has 0 saturated carbocycles. The number of rotatable bonds is 7. The Morgan fingerprint density at radius 2 is 1.80 bits per heavy atom. The van der Waals surface area contributed by atoms with E-state index >= 15 is 0 Å². The van der Waals surface area contributed by atoms with Crippen LogP contribution in [-0.4, -0.2) is 43.4 Å². The van der Waals surface area contributed by atoms with E-state index in [1.807, 2.05) is 19.1 Å². The minimum Gasteiger partial charge on any atom is -0.490 e. The number of hydrogen-bond acceptors (Lipinski definition) is 4. The number of benzene rings is 2. The zero-order valence-corrected chi connectivity index (χ0v) is 19.5. The lowest BCUT2D eigenvalue weighted by atomic mass is 10.1. The molecule has 0 spiro atoms. The van der Waals surface area contributed by atoms with Crippen LogP contribution < -0.4 is 4.74 Å². The smallest absolute Gasteiger partial charge is 0.254 e. The summed E-state index contributed by atoms with van der Waals surface area (Å²) in [6.07, 6.45) is 1.16. The van der Waals surface area contributed by atoms with Gasteiger partial charge >= 0.3 is 0 Å². The molecule has 0 aromatic heterocycles. The molecule has 1 heterocycles. The third kappa shape index (κ3) is 5.41. The van der Waals surface area contributed by atoms with Crippen LogP contribution in [0.15, 0.2) is 36.4 Å². The first-order valence-corrected chi connectivity index (χ1v) is 12.5. The molecule has 3 rings (SSSR count). The zero-order valence-electron chi connectivity index (χ0n) is 16.4. The van der Waals surface area contributed by atoms with Crippen molar-refractivity contribution in [1.29, 1.82) is 0 Å². The maximum Gasteiger partial charge on any atom is 0.254 e. The molecule has 1 aliphatic rings. The van der Waals surface area contributed by atoms with Crippen LogP contribution >= 0.6 is 34.8 Å². The Morgan fingerprint density at radius 3 is 2.37 bits per heavy atom. The largest absolute Gasteiger partial charge is 0.490 e. The van der Waals surface area contributed by atoms with E-state index in [9.17, 15) is 13.2 Å². The number of halogens is 3. The van der Waals surface area contributed by atoms with Gasteiger partial charge in [-0.3, -0.25) is 4.79 Å². The molecule has 0 radical (unpaired) electrons. The fourth-order valence-electron chi connectivity index (χ4n) is 3.39. The van der Waals surface area contributed by atoms with Gasteiger partial charge < -0.3 is 9.64 Å². The molecule has 1 aliphatic heterocycles. The number of hydrogen-bond donors (Lipinski definition) is 0. The second-order valence-corrected chi connectivity index (χ2v) is 10.6. The van der Waals surface area contributed by atoms with Gasteiger partial charge in [-0.25, -0.2) is 8.42 Å². The average Bonchev–Trinajstić information content (AvgIpc) is 3.05. The van der Waals surface area contributed by atoms with Crippen molar-refractivity contribution in [2.75, 3.05) is 18.1 Å². The third-order valence-electron chi connectivity index (χ3n) is 4.90. The topological polar surface area (TPSA) is 63.7 Å². The molecule has 0 aliphatic carbocycles. The van der Waals surface area contributed by atoms with Crippen molar-refractivity contribution >= 4 is 50.5 Å². The van der Waals surface area contributed by atoms with Crippen molar-refractivity contribution in [3.63, 3.8) is 0 Å². The van der Waals surface area contributed by atoms with Gasteiger partial charge in [0.2, 0.25) is 0 Å². The van der Waals surface area contributed by atoms with Crippen LogP contribution in [0.25, 0.3) is 0 Å². The first-order chi connectivity index (χ1) is 14.2. The predicted octanol–water partition coefficient (Wildman–Crippen LogP) is 5.27. The Hall–Kier alpha value is -1.47. The van der Waals surface area contributed by atoms with Gasteiger partial charge in [-0.05, 0) is 36.6 Å². The van der Waals surface area contributed by atoms with Crippen molar-refractivity contribution in [1.82, 2.24) is 4.90 Å². The van der Waals surface area contributed by atoms with Crippen LogP contribution in [0.5, 0.6) is 5.75 Å². The van der Waals surface area contributed by atoms with Crippen LogP contribution in [0.3, 0.4) is 0 Å². The monoisotopic (exact) mass is 489 g/mol. The molecule has 1 unspecified atom stereocenters. The van der Waals surface area contributed by atoms with E-state index in [-0.39, 0.29) is 39.6 Å². The van der Waals surface area contributed by atoms with Gasteiger partial charge in [0.1, 0.15) is 0 Å². The van der Waals surface area contributed by atoms with Gasteiger partial charge in [-0.1, -0.05) is 59.9 Å². The molecular formula is C21H22Cl3NO4S. The van der Waals surface area contributed by atoms with E-state index in [4.69, 9.17) is 39.5 Å². The Labute approximate surface area is 191 Å². The summed E-state index contributed by atoms with van der Waals surface area (Å²) in [5.41, 5.74) is 1.00. The van der Waals surface area contributed by atoms with Gasteiger partial charge in [0.05, 0.1) is 28.2 Å². The average molecular weight is 491 g/mol. The fraction of sp³-hybridized carbons (Fsp3) is 0.381. The first kappa shape index (κ1) is 23.2. The quantitative estimate of drug-likeness (QED) is 0.531. The molecule has 9 heteroatoms. The summed E-state index contributed by atoms with van der Waals surface area (Å²) < 4.78 is 29.7. The fourth-order valence-corrected chi connectivity index (χ4v) is 5.91. The SMILES string of the molecule is CCCOc1c(Cl)cc(C(=O)N(Cc2ccccc2Cl)C2CCS(=O)(=O)C2)cc1Cl. The predicted molar refractivity (Wildman–Crippen MR) is 121 cm³/mol. The number of amides is 1. The summed E-state index contributed by atoms with van der Waals surface area (Å²) in [7, 11) is -3.19. The van der Waals surface area contributed by atoms with E-state index in [1.165, 1.54) is 12.1 Å². The number of nitrogens with zero attached hydrogens (tertiary/aromatic N) is 1. The van der Waals surface area contributed by atoms with Crippen LogP contribution in [-0.2, 0) is 16.4 Å². The maximum absolute atomic E-state index is 13.4. The Kier molecular flexibility index (Phi) is 7.56. The number of sulfone groups is 1. The van der Waals surface area contributed by atoms with Gasteiger partial charge in [-0.2, -0.15) is 0 Å². The maximum atomic E-state index is 13.4. The lowest BCUT2D eigenvalue weighted by Crippen LogP contribution is -2.40. The van der Waals surface area contributed by atoms with E-state index < -0.39 is 15.9 Å². The lowest BCUT2D eigenvalue weighted by Gasteiger charge is -2.29. The number of ether oxygens (including phenoxy) is 1. The normalized spacial score (nSPS) is 17.7. The van der Waals surface area contributed by atoms with Crippen molar-refractivity contribution < 1.29 is 17.9 Å². The first-order valence-electron chi connectivity index (χ1n) is 9.58. The zero-order chi connectivity index (χ0) is 21.9. The standard InChI is InChI=1S/C21H22Cl3NO4S/c1-2-8-29-20-18(23)10-15(11-19(20)24)21(26)25(16-7-9-30(27,28)13-16)12-14-5-3-4-6-17(14)22/h3-6,10-11,16H,2,7-9,12-13H2,1H3. The Bertz CT molecular complexity index is 1020. The molecule has 30 heavy (non-hydrogen) atoms. The minimum absolute atomic E-state index is 0.0509. The van der Waals surface area contributed by atoms with Crippen LogP contribution in [0, 0.1) is 0 Å². The van der Waals surface area contributed by atoms with E-state index in [0.29, 0.717) is 23.8 Å². The summed E-state index contributed by atoms with van der Waals surface area (Å²) in [5, 5.41) is 0.975. The van der Waals surface area contributed by atoms with Crippen LogP contribution in [0.1, 0.15) is 35.7 Å². The van der Waals surface area contributed by atoms with Gasteiger partial charge in [-0.15, -0.1) is 0 Å². The molecule has 162 valence electrons. The molecular weight excluding hydrogens is 469 g/mol. The Morgan fingerprint density at radius 1 is 1.13 bits per heavy atom. The van der Waals surface area contributed by atoms with Crippen molar-refractivity contribution in [2.45, 2.75) is 32.4 Å². The number of carbonyl (C=O) groups excluding carboxylic acids is 1. The molecule has 1 saturated heterocycles. The second-order valence-electron chi connectivity index (χ2n) is 7.20. The molecule has 1 atom stereocenters. The highest BCUT2D eigenvalue weighted by Crippen LogP contribution is 2.35. The minimum atomic E-state index is -3.19. The summed E-state index contributed by atoms with van der Waals surface area (Å²) in [6.45, 7) is 2.59. The second kappa shape index (κ2) is 9.77. The van der Waals surface area contributed by atoms with Crippen molar-refractivity contribution in [3.05, 3.63) is 62.6 Å². The Balaban J connectivity index is 1.95. The van der Waals surface area contributed by atoms with E-state index in [1.54, 1.807) is 17.0 Å².